The third kappa shape index (κ3) is 8.87. The van der Waals surface area contributed by atoms with Crippen LogP contribution in [0.25, 0.3) is 0 Å². The lowest BCUT2D eigenvalue weighted by Gasteiger charge is -1.98. The van der Waals surface area contributed by atoms with E-state index in [2.05, 4.69) is 0 Å². The van der Waals surface area contributed by atoms with Crippen LogP contribution in [0, 0.1) is 0 Å². The smallest absolute Gasteiger partial charge is 0.335 e. The molecule has 0 atom stereocenters. The molecule has 2 amide bonds. The van der Waals surface area contributed by atoms with Crippen molar-refractivity contribution in [1.29, 1.82) is 0 Å². The quantitative estimate of drug-likeness (QED) is 0.474. The van der Waals surface area contributed by atoms with E-state index in [1.807, 2.05) is 0 Å². The highest BCUT2D eigenvalue weighted by atomic mass is 16.5. The van der Waals surface area contributed by atoms with Gasteiger partial charge in [-0.3, -0.25) is 9.59 Å². The van der Waals surface area contributed by atoms with Gasteiger partial charge in [-0.05, 0) is 72.8 Å². The minimum absolute atomic E-state index is 0.0741. The minimum atomic E-state index is -0.986. The molecule has 3 aromatic rings. The highest BCUT2D eigenvalue weighted by molar-refractivity contribution is 5.93. The number of nitrogens with two attached hydrogens (primary N) is 2. The molecule has 0 saturated carbocycles. The first-order valence-corrected chi connectivity index (χ1v) is 9.08. The summed E-state index contributed by atoms with van der Waals surface area (Å²) in [5.74, 6) is -0.324. The molecule has 32 heavy (non-hydrogen) atoms. The zero-order valence-corrected chi connectivity index (χ0v) is 17.5. The number of amides is 2. The Morgan fingerprint density at radius 3 is 1.19 bits per heavy atom. The molecule has 0 aliphatic carbocycles. The summed E-state index contributed by atoms with van der Waals surface area (Å²) in [5, 5.41) is 17.1. The van der Waals surface area contributed by atoms with Crippen LogP contribution in [-0.4, -0.2) is 42.2 Å². The average molecular weight is 440 g/mol. The third-order valence-electron chi connectivity index (χ3n) is 3.86. The summed E-state index contributed by atoms with van der Waals surface area (Å²) in [6, 6.07) is 18.6. The number of carbonyl (C=O) groups is 3. The van der Waals surface area contributed by atoms with Gasteiger partial charge in [0, 0.05) is 11.1 Å². The first-order chi connectivity index (χ1) is 15.2. The summed E-state index contributed by atoms with van der Waals surface area (Å²) in [4.78, 5) is 31.4. The van der Waals surface area contributed by atoms with Gasteiger partial charge in [0.1, 0.15) is 17.2 Å². The minimum Gasteiger partial charge on any atom is -0.508 e. The van der Waals surface area contributed by atoms with E-state index in [1.165, 1.54) is 24.3 Å². The third-order valence-corrected chi connectivity index (χ3v) is 3.86. The van der Waals surface area contributed by atoms with Crippen molar-refractivity contribution in [3.05, 3.63) is 89.5 Å². The molecule has 0 aliphatic heterocycles. The zero-order chi connectivity index (χ0) is 24.1. The molecule has 9 nitrogen and oxygen atoms in total. The number of carbonyl (C=O) groups excluding carboxylic acids is 2. The van der Waals surface area contributed by atoms with Crippen LogP contribution in [0.3, 0.4) is 0 Å². The standard InChI is InChI=1S/2C8H9NO2.C7H6O3/c2*1-11-7-4-2-6(3-5-7)8(9)10;8-6-3-1-5(2-4-6)7(9)10/h2*2-5H,1H3,(H2,9,10);1-4,8H,(H,9,10). The van der Waals surface area contributed by atoms with Crippen molar-refractivity contribution in [2.45, 2.75) is 0 Å². The molecule has 0 heterocycles. The Morgan fingerprint density at radius 1 is 0.625 bits per heavy atom. The number of hydrogen-bond acceptors (Lipinski definition) is 6. The Labute approximate surface area is 184 Å². The summed E-state index contributed by atoms with van der Waals surface area (Å²) in [5.41, 5.74) is 11.2. The molecule has 3 aromatic carbocycles. The number of primary amides is 2. The predicted molar refractivity (Wildman–Crippen MR) is 118 cm³/mol. The van der Waals surface area contributed by atoms with E-state index in [1.54, 1.807) is 62.8 Å². The molecule has 0 aromatic heterocycles. The number of aromatic carboxylic acids is 1. The molecular formula is C23H24N2O7. The maximum absolute atomic E-state index is 10.6. The van der Waals surface area contributed by atoms with Crippen LogP contribution < -0.4 is 20.9 Å². The number of hydrogen-bond donors (Lipinski definition) is 4. The summed E-state index contributed by atoms with van der Waals surface area (Å²) in [6.07, 6.45) is 0. The first-order valence-electron chi connectivity index (χ1n) is 9.08. The van der Waals surface area contributed by atoms with Gasteiger partial charge >= 0.3 is 5.97 Å². The van der Waals surface area contributed by atoms with Crippen LogP contribution in [0.15, 0.2) is 72.8 Å². The van der Waals surface area contributed by atoms with Gasteiger partial charge in [-0.25, -0.2) is 4.79 Å². The molecule has 0 spiro atoms. The lowest BCUT2D eigenvalue weighted by Crippen LogP contribution is -2.10. The molecule has 0 fully saturated rings. The van der Waals surface area contributed by atoms with E-state index in [-0.39, 0.29) is 11.3 Å². The van der Waals surface area contributed by atoms with Crippen LogP contribution in [0.1, 0.15) is 31.1 Å². The van der Waals surface area contributed by atoms with Gasteiger partial charge in [0.25, 0.3) is 0 Å². The van der Waals surface area contributed by atoms with Gasteiger partial charge < -0.3 is 31.2 Å². The highest BCUT2D eigenvalue weighted by Crippen LogP contribution is 2.11. The van der Waals surface area contributed by atoms with Gasteiger partial charge in [-0.15, -0.1) is 0 Å². The van der Waals surface area contributed by atoms with Crippen LogP contribution in [0.4, 0.5) is 0 Å². The Balaban J connectivity index is 0.000000240. The fraction of sp³-hybridized carbons (Fsp3) is 0.0870. The molecule has 0 saturated heterocycles. The largest absolute Gasteiger partial charge is 0.508 e. The highest BCUT2D eigenvalue weighted by Gasteiger charge is 2.00. The van der Waals surface area contributed by atoms with Crippen molar-refractivity contribution in [3.63, 3.8) is 0 Å². The number of rotatable bonds is 5. The molecule has 0 unspecified atom stereocenters. The SMILES string of the molecule is COc1ccc(C(N)=O)cc1.COc1ccc(C(N)=O)cc1.O=C(O)c1ccc(O)cc1. The number of ether oxygens (including phenoxy) is 2. The molecule has 9 heteroatoms. The molecule has 0 radical (unpaired) electrons. The fourth-order valence-corrected chi connectivity index (χ4v) is 2.11. The molecule has 3 rings (SSSR count). The van der Waals surface area contributed by atoms with E-state index in [9.17, 15) is 14.4 Å². The second-order valence-corrected chi connectivity index (χ2v) is 6.04. The van der Waals surface area contributed by atoms with E-state index < -0.39 is 17.8 Å². The second kappa shape index (κ2) is 12.9. The first kappa shape index (κ1) is 25.5. The number of carboxylic acids is 1. The van der Waals surface area contributed by atoms with Crippen LogP contribution in [0.2, 0.25) is 0 Å². The second-order valence-electron chi connectivity index (χ2n) is 6.04. The molecule has 6 N–H and O–H groups in total. The lowest BCUT2D eigenvalue weighted by molar-refractivity contribution is 0.0696. The average Bonchev–Trinajstić information content (AvgIpc) is 2.80. The van der Waals surface area contributed by atoms with Crippen molar-refractivity contribution < 1.29 is 34.1 Å². The summed E-state index contributed by atoms with van der Waals surface area (Å²) in [7, 11) is 3.14. The van der Waals surface area contributed by atoms with Gasteiger partial charge in [-0.1, -0.05) is 0 Å². The van der Waals surface area contributed by atoms with Crippen molar-refractivity contribution in [2.75, 3.05) is 14.2 Å². The zero-order valence-electron chi connectivity index (χ0n) is 17.5. The predicted octanol–water partition coefficient (Wildman–Crippen LogP) is 2.68. The maximum Gasteiger partial charge on any atom is 0.335 e. The molecule has 0 bridgehead atoms. The van der Waals surface area contributed by atoms with Crippen LogP contribution in [0.5, 0.6) is 17.2 Å². The van der Waals surface area contributed by atoms with Gasteiger partial charge in [0.15, 0.2) is 0 Å². The number of carboxylic acid groups (broad SMARTS) is 1. The molecule has 168 valence electrons. The van der Waals surface area contributed by atoms with Crippen molar-refractivity contribution in [2.24, 2.45) is 11.5 Å². The number of phenols is 1. The van der Waals surface area contributed by atoms with Crippen molar-refractivity contribution >= 4 is 17.8 Å². The number of methoxy groups -OCH3 is 2. The van der Waals surface area contributed by atoms with E-state index in [0.29, 0.717) is 11.1 Å². The topological polar surface area (TPSA) is 162 Å². The van der Waals surface area contributed by atoms with E-state index >= 15 is 0 Å². The number of aromatic hydroxyl groups is 1. The van der Waals surface area contributed by atoms with Crippen molar-refractivity contribution in [3.8, 4) is 17.2 Å². The summed E-state index contributed by atoms with van der Waals surface area (Å²) in [6.45, 7) is 0. The lowest BCUT2D eigenvalue weighted by atomic mass is 10.2. The Morgan fingerprint density at radius 2 is 0.938 bits per heavy atom. The van der Waals surface area contributed by atoms with Crippen molar-refractivity contribution in [1.82, 2.24) is 0 Å². The normalized spacial score (nSPS) is 9.19. The number of benzene rings is 3. The van der Waals surface area contributed by atoms with E-state index in [0.717, 1.165) is 11.5 Å². The van der Waals surface area contributed by atoms with Gasteiger partial charge in [-0.2, -0.15) is 0 Å². The Kier molecular flexibility index (Phi) is 10.3. The molecular weight excluding hydrogens is 416 g/mol. The van der Waals surface area contributed by atoms with Crippen LogP contribution in [-0.2, 0) is 0 Å². The summed E-state index contributed by atoms with van der Waals surface area (Å²) >= 11 is 0. The number of phenolic OH excluding ortho intramolecular Hbond substituents is 1. The Bertz CT molecular complexity index is 958. The Hall–Kier alpha value is -4.53. The molecule has 0 aliphatic rings. The van der Waals surface area contributed by atoms with Crippen LogP contribution >= 0.6 is 0 Å². The fourth-order valence-electron chi connectivity index (χ4n) is 2.11. The monoisotopic (exact) mass is 440 g/mol. The maximum atomic E-state index is 10.6. The van der Waals surface area contributed by atoms with Gasteiger partial charge in [0.2, 0.25) is 11.8 Å². The van der Waals surface area contributed by atoms with Gasteiger partial charge in [0.05, 0.1) is 19.8 Å². The summed E-state index contributed by atoms with van der Waals surface area (Å²) < 4.78 is 9.79. The van der Waals surface area contributed by atoms with E-state index in [4.69, 9.17) is 31.2 Å².